The molecule has 0 aliphatic heterocycles. The van der Waals surface area contributed by atoms with Gasteiger partial charge in [0.15, 0.2) is 0 Å². The molecule has 0 spiro atoms. The van der Waals surface area contributed by atoms with E-state index >= 15 is 0 Å². The second-order valence-electron chi connectivity index (χ2n) is 3.49. The Morgan fingerprint density at radius 3 is 2.53 bits per heavy atom. The summed E-state index contributed by atoms with van der Waals surface area (Å²) in [5.41, 5.74) is 5.55. The number of primary amides is 1. The van der Waals surface area contributed by atoms with Gasteiger partial charge in [-0.25, -0.2) is 0 Å². The number of amides is 1. The molecule has 0 fully saturated rings. The number of rotatable bonds is 5. The van der Waals surface area contributed by atoms with Crippen molar-refractivity contribution in [3.8, 4) is 5.75 Å². The fourth-order valence-electron chi connectivity index (χ4n) is 1.01. The van der Waals surface area contributed by atoms with Crippen molar-refractivity contribution in [2.45, 2.75) is 6.92 Å². The Labute approximate surface area is 88.7 Å². The minimum atomic E-state index is -0.453. The van der Waals surface area contributed by atoms with Crippen LogP contribution >= 0.6 is 0 Å². The maximum atomic E-state index is 10.8. The van der Waals surface area contributed by atoms with Crippen LogP contribution in [0.5, 0.6) is 5.75 Å². The molecule has 15 heavy (non-hydrogen) atoms. The van der Waals surface area contributed by atoms with Crippen LogP contribution in [-0.4, -0.2) is 24.2 Å². The van der Waals surface area contributed by atoms with Gasteiger partial charge in [-0.3, -0.25) is 4.79 Å². The minimum Gasteiger partial charge on any atom is -0.493 e. The maximum Gasteiger partial charge on any atom is 0.248 e. The summed E-state index contributed by atoms with van der Waals surface area (Å²) < 4.78 is 5.38. The van der Waals surface area contributed by atoms with Crippen molar-refractivity contribution in [3.05, 3.63) is 29.8 Å². The molecule has 0 radical (unpaired) electrons. The molecule has 1 rings (SSSR count). The number of nitrogens with two attached hydrogens (primary N) is 1. The van der Waals surface area contributed by atoms with Gasteiger partial charge in [-0.05, 0) is 24.3 Å². The van der Waals surface area contributed by atoms with Crippen LogP contribution in [0.2, 0.25) is 0 Å². The zero-order valence-electron chi connectivity index (χ0n) is 8.64. The van der Waals surface area contributed by atoms with Crippen LogP contribution in [-0.2, 0) is 0 Å². The van der Waals surface area contributed by atoms with Gasteiger partial charge in [0.1, 0.15) is 5.75 Å². The second kappa shape index (κ2) is 5.36. The maximum absolute atomic E-state index is 10.8. The first kappa shape index (κ1) is 11.5. The predicted octanol–water partition coefficient (Wildman–Crippen LogP) is 0.793. The van der Waals surface area contributed by atoms with E-state index in [9.17, 15) is 4.79 Å². The molecule has 82 valence electrons. The number of benzene rings is 1. The Kier molecular flexibility index (Phi) is 4.12. The van der Waals surface area contributed by atoms with Crippen molar-refractivity contribution in [3.63, 3.8) is 0 Å². The van der Waals surface area contributed by atoms with Gasteiger partial charge >= 0.3 is 0 Å². The van der Waals surface area contributed by atoms with Gasteiger partial charge in [-0.2, -0.15) is 0 Å². The zero-order valence-corrected chi connectivity index (χ0v) is 8.64. The monoisotopic (exact) mass is 209 g/mol. The Balaban J connectivity index is 2.53. The second-order valence-corrected chi connectivity index (χ2v) is 3.49. The van der Waals surface area contributed by atoms with Crippen LogP contribution in [0.25, 0.3) is 0 Å². The standard InChI is InChI=1S/C11H15NO3/c1-8(6-13)7-15-10-4-2-9(3-5-10)11(12)14/h2-5,8,13H,6-7H2,1H3,(H2,12,14). The average molecular weight is 209 g/mol. The summed E-state index contributed by atoms with van der Waals surface area (Å²) in [6.45, 7) is 2.43. The van der Waals surface area contributed by atoms with E-state index in [4.69, 9.17) is 15.6 Å². The van der Waals surface area contributed by atoms with E-state index in [0.29, 0.717) is 17.9 Å². The first-order chi connectivity index (χ1) is 7.13. The fraction of sp³-hybridized carbons (Fsp3) is 0.364. The van der Waals surface area contributed by atoms with Crippen LogP contribution in [0.1, 0.15) is 17.3 Å². The molecule has 0 aliphatic carbocycles. The molecule has 4 nitrogen and oxygen atoms in total. The third-order valence-electron chi connectivity index (χ3n) is 1.99. The normalized spacial score (nSPS) is 12.1. The molecule has 0 saturated heterocycles. The predicted molar refractivity (Wildman–Crippen MR) is 56.7 cm³/mol. The lowest BCUT2D eigenvalue weighted by Gasteiger charge is -2.10. The third kappa shape index (κ3) is 3.59. The van der Waals surface area contributed by atoms with E-state index in [1.165, 1.54) is 0 Å². The molecule has 0 heterocycles. The van der Waals surface area contributed by atoms with Crippen LogP contribution < -0.4 is 10.5 Å². The summed E-state index contributed by atoms with van der Waals surface area (Å²) >= 11 is 0. The van der Waals surface area contributed by atoms with E-state index in [2.05, 4.69) is 0 Å². The number of aliphatic hydroxyl groups excluding tert-OH is 1. The molecular formula is C11H15NO3. The van der Waals surface area contributed by atoms with Gasteiger partial charge in [-0.15, -0.1) is 0 Å². The molecule has 0 saturated carbocycles. The molecule has 0 bridgehead atoms. The molecule has 1 aromatic rings. The molecule has 0 aliphatic rings. The van der Waals surface area contributed by atoms with Crippen LogP contribution in [0.3, 0.4) is 0 Å². The summed E-state index contributed by atoms with van der Waals surface area (Å²) in [6.07, 6.45) is 0. The summed E-state index contributed by atoms with van der Waals surface area (Å²) in [4.78, 5) is 10.8. The highest BCUT2D eigenvalue weighted by molar-refractivity contribution is 5.92. The van der Waals surface area contributed by atoms with Crippen molar-refractivity contribution in [2.24, 2.45) is 11.7 Å². The zero-order chi connectivity index (χ0) is 11.3. The number of ether oxygens (including phenoxy) is 1. The van der Waals surface area contributed by atoms with E-state index in [0.717, 1.165) is 0 Å². The number of carbonyl (C=O) groups excluding carboxylic acids is 1. The SMILES string of the molecule is CC(CO)COc1ccc(C(N)=O)cc1. The van der Waals surface area contributed by atoms with Crippen molar-refractivity contribution < 1.29 is 14.6 Å². The minimum absolute atomic E-state index is 0.0966. The van der Waals surface area contributed by atoms with Gasteiger partial charge in [0.25, 0.3) is 0 Å². The molecule has 3 N–H and O–H groups in total. The Bertz CT molecular complexity index is 321. The highest BCUT2D eigenvalue weighted by atomic mass is 16.5. The molecule has 4 heteroatoms. The van der Waals surface area contributed by atoms with Gasteiger partial charge in [0, 0.05) is 18.1 Å². The van der Waals surface area contributed by atoms with E-state index in [1.54, 1.807) is 24.3 Å². The third-order valence-corrected chi connectivity index (χ3v) is 1.99. The van der Waals surface area contributed by atoms with Crippen molar-refractivity contribution in [2.75, 3.05) is 13.2 Å². The first-order valence-electron chi connectivity index (χ1n) is 4.77. The molecule has 0 aromatic heterocycles. The molecule has 1 atom stereocenters. The van der Waals surface area contributed by atoms with Gasteiger partial charge < -0.3 is 15.6 Å². The summed E-state index contributed by atoms with van der Waals surface area (Å²) in [5, 5.41) is 8.79. The summed E-state index contributed by atoms with van der Waals surface area (Å²) in [6, 6.07) is 6.59. The molecule has 1 amide bonds. The fourth-order valence-corrected chi connectivity index (χ4v) is 1.01. The molecule has 1 aromatic carbocycles. The molecular weight excluding hydrogens is 194 g/mol. The average Bonchev–Trinajstić information content (AvgIpc) is 2.26. The Morgan fingerprint density at radius 1 is 1.47 bits per heavy atom. The highest BCUT2D eigenvalue weighted by Gasteiger charge is 2.02. The Morgan fingerprint density at radius 2 is 2.07 bits per heavy atom. The Hall–Kier alpha value is -1.55. The smallest absolute Gasteiger partial charge is 0.248 e. The number of aliphatic hydroxyl groups is 1. The lowest BCUT2D eigenvalue weighted by Crippen LogP contribution is -2.13. The van der Waals surface area contributed by atoms with Gasteiger partial charge in [-0.1, -0.05) is 6.92 Å². The van der Waals surface area contributed by atoms with Crippen LogP contribution in [0.15, 0.2) is 24.3 Å². The van der Waals surface area contributed by atoms with E-state index < -0.39 is 5.91 Å². The number of hydrogen-bond acceptors (Lipinski definition) is 3. The quantitative estimate of drug-likeness (QED) is 0.753. The lowest BCUT2D eigenvalue weighted by atomic mass is 10.2. The van der Waals surface area contributed by atoms with Crippen molar-refractivity contribution in [1.29, 1.82) is 0 Å². The van der Waals surface area contributed by atoms with E-state index in [-0.39, 0.29) is 12.5 Å². The van der Waals surface area contributed by atoms with Gasteiger partial charge in [0.2, 0.25) is 5.91 Å². The van der Waals surface area contributed by atoms with Gasteiger partial charge in [0.05, 0.1) is 6.61 Å². The van der Waals surface area contributed by atoms with Crippen LogP contribution in [0, 0.1) is 5.92 Å². The lowest BCUT2D eigenvalue weighted by molar-refractivity contribution is 0.100. The van der Waals surface area contributed by atoms with Crippen molar-refractivity contribution >= 4 is 5.91 Å². The first-order valence-corrected chi connectivity index (χ1v) is 4.77. The highest BCUT2D eigenvalue weighted by Crippen LogP contribution is 2.12. The molecule has 1 unspecified atom stereocenters. The largest absolute Gasteiger partial charge is 0.493 e. The van der Waals surface area contributed by atoms with E-state index in [1.807, 2.05) is 6.92 Å². The van der Waals surface area contributed by atoms with Crippen LogP contribution in [0.4, 0.5) is 0 Å². The number of hydrogen-bond donors (Lipinski definition) is 2. The summed E-state index contributed by atoms with van der Waals surface area (Å²) in [5.74, 6) is 0.311. The number of carbonyl (C=O) groups is 1. The summed E-state index contributed by atoms with van der Waals surface area (Å²) in [7, 11) is 0. The topological polar surface area (TPSA) is 72.6 Å². The van der Waals surface area contributed by atoms with Crippen molar-refractivity contribution in [1.82, 2.24) is 0 Å².